The Kier molecular flexibility index (Phi) is 5.21. The van der Waals surface area contributed by atoms with Crippen LogP contribution >= 0.6 is 0 Å². The average Bonchev–Trinajstić information content (AvgIpc) is 2.69. The van der Waals surface area contributed by atoms with Crippen LogP contribution in [0.2, 0.25) is 0 Å². The van der Waals surface area contributed by atoms with E-state index >= 15 is 0 Å². The van der Waals surface area contributed by atoms with Crippen molar-refractivity contribution in [1.29, 1.82) is 0 Å². The van der Waals surface area contributed by atoms with E-state index in [1.165, 1.54) is 16.3 Å². The van der Waals surface area contributed by atoms with Gasteiger partial charge in [0.25, 0.3) is 0 Å². The van der Waals surface area contributed by atoms with Gasteiger partial charge in [-0.2, -0.15) is 0 Å². The van der Waals surface area contributed by atoms with Gasteiger partial charge in [-0.05, 0) is 66.9 Å². The molecule has 4 rings (SSSR count). The molecule has 1 N–H and O–H groups in total. The molecule has 3 heteroatoms. The lowest BCUT2D eigenvalue weighted by Gasteiger charge is -2.31. The minimum atomic E-state index is 0.106. The minimum absolute atomic E-state index is 0.106. The maximum Gasteiger partial charge on any atom is 0.227 e. The third-order valence-corrected chi connectivity index (χ3v) is 5.52. The molecule has 0 saturated carbocycles. The van der Waals surface area contributed by atoms with Crippen molar-refractivity contribution < 1.29 is 4.79 Å². The number of carbonyl (C=O) groups is 1. The number of aryl methyl sites for hydroxylation is 1. The van der Waals surface area contributed by atoms with Crippen molar-refractivity contribution in [2.75, 3.05) is 18.4 Å². The largest absolute Gasteiger partial charge is 0.326 e. The number of nitrogens with zero attached hydrogens (tertiary/aromatic N) is 1. The van der Waals surface area contributed by atoms with Crippen molar-refractivity contribution in [3.8, 4) is 0 Å². The fraction of sp³-hybridized carbons (Fsp3) is 0.292. The first kappa shape index (κ1) is 17.7. The van der Waals surface area contributed by atoms with E-state index in [1.54, 1.807) is 0 Å². The van der Waals surface area contributed by atoms with Crippen molar-refractivity contribution in [3.63, 3.8) is 0 Å². The fourth-order valence-electron chi connectivity index (χ4n) is 3.99. The van der Waals surface area contributed by atoms with E-state index in [4.69, 9.17) is 0 Å². The first-order valence-electron chi connectivity index (χ1n) is 9.75. The predicted octanol–water partition coefficient (Wildman–Crippen LogP) is 5.00. The summed E-state index contributed by atoms with van der Waals surface area (Å²) >= 11 is 0. The Labute approximate surface area is 161 Å². The van der Waals surface area contributed by atoms with Gasteiger partial charge in [0.05, 0.1) is 0 Å². The highest BCUT2D eigenvalue weighted by molar-refractivity contribution is 5.92. The first-order valence-corrected chi connectivity index (χ1v) is 9.75. The Morgan fingerprint density at radius 3 is 2.56 bits per heavy atom. The number of carbonyl (C=O) groups excluding carboxylic acids is 1. The zero-order valence-corrected chi connectivity index (χ0v) is 15.8. The minimum Gasteiger partial charge on any atom is -0.326 e. The molecule has 138 valence electrons. The van der Waals surface area contributed by atoms with Gasteiger partial charge < -0.3 is 5.32 Å². The third kappa shape index (κ3) is 4.20. The molecule has 0 bridgehead atoms. The number of nitrogens with one attached hydrogen (secondary N) is 1. The number of rotatable bonds is 4. The van der Waals surface area contributed by atoms with E-state index in [-0.39, 0.29) is 11.8 Å². The lowest BCUT2D eigenvalue weighted by atomic mass is 9.95. The SMILES string of the molecule is Cc1cccc(NC(=O)C2CCN(Cc3cccc4ccccc34)CC2)c1. The molecule has 1 heterocycles. The monoisotopic (exact) mass is 358 g/mol. The smallest absolute Gasteiger partial charge is 0.227 e. The first-order chi connectivity index (χ1) is 13.2. The van der Waals surface area contributed by atoms with Crippen molar-refractivity contribution in [3.05, 3.63) is 77.9 Å². The van der Waals surface area contributed by atoms with Gasteiger partial charge in [-0.25, -0.2) is 0 Å². The second kappa shape index (κ2) is 7.93. The molecule has 0 aromatic heterocycles. The maximum atomic E-state index is 12.6. The van der Waals surface area contributed by atoms with Crippen LogP contribution in [0, 0.1) is 12.8 Å². The van der Waals surface area contributed by atoms with Gasteiger partial charge >= 0.3 is 0 Å². The molecule has 27 heavy (non-hydrogen) atoms. The molecule has 1 aliphatic heterocycles. The highest BCUT2D eigenvalue weighted by atomic mass is 16.1. The number of amides is 1. The number of benzene rings is 3. The average molecular weight is 358 g/mol. The zero-order valence-electron chi connectivity index (χ0n) is 15.8. The highest BCUT2D eigenvalue weighted by Crippen LogP contribution is 2.24. The van der Waals surface area contributed by atoms with Crippen LogP contribution in [0.4, 0.5) is 5.69 Å². The molecule has 1 fully saturated rings. The van der Waals surface area contributed by atoms with E-state index in [0.29, 0.717) is 0 Å². The van der Waals surface area contributed by atoms with Crippen LogP contribution in [0.15, 0.2) is 66.7 Å². The Hall–Kier alpha value is -2.65. The molecule has 0 spiro atoms. The van der Waals surface area contributed by atoms with Gasteiger partial charge in [0.15, 0.2) is 0 Å². The summed E-state index contributed by atoms with van der Waals surface area (Å²) in [7, 11) is 0. The molecule has 0 aliphatic carbocycles. The number of hydrogen-bond acceptors (Lipinski definition) is 2. The molecule has 0 unspecified atom stereocenters. The van der Waals surface area contributed by atoms with Crippen LogP contribution < -0.4 is 5.32 Å². The molecular formula is C24H26N2O. The summed E-state index contributed by atoms with van der Waals surface area (Å²) in [4.78, 5) is 15.1. The van der Waals surface area contributed by atoms with Crippen LogP contribution in [0.3, 0.4) is 0 Å². The zero-order chi connectivity index (χ0) is 18.6. The molecular weight excluding hydrogens is 332 g/mol. The molecule has 3 nitrogen and oxygen atoms in total. The normalized spacial score (nSPS) is 15.7. The van der Waals surface area contributed by atoms with Gasteiger partial charge in [-0.1, -0.05) is 54.6 Å². The maximum absolute atomic E-state index is 12.6. The van der Waals surface area contributed by atoms with Crippen LogP contribution in [0.5, 0.6) is 0 Å². The number of likely N-dealkylation sites (tertiary alicyclic amines) is 1. The summed E-state index contributed by atoms with van der Waals surface area (Å²) in [5, 5.41) is 5.71. The van der Waals surface area contributed by atoms with Gasteiger partial charge in [-0.3, -0.25) is 9.69 Å². The third-order valence-electron chi connectivity index (χ3n) is 5.52. The van der Waals surface area contributed by atoms with E-state index < -0.39 is 0 Å². The Balaban J connectivity index is 1.35. The van der Waals surface area contributed by atoms with Gasteiger partial charge in [0.2, 0.25) is 5.91 Å². The van der Waals surface area contributed by atoms with E-state index in [2.05, 4.69) is 52.7 Å². The lowest BCUT2D eigenvalue weighted by Crippen LogP contribution is -2.37. The van der Waals surface area contributed by atoms with Gasteiger partial charge in [0, 0.05) is 18.2 Å². The second-order valence-corrected chi connectivity index (χ2v) is 7.55. The summed E-state index contributed by atoms with van der Waals surface area (Å²) in [6, 6.07) is 23.1. The Morgan fingerprint density at radius 2 is 1.74 bits per heavy atom. The van der Waals surface area contributed by atoms with Crippen LogP contribution in [0.1, 0.15) is 24.0 Å². The molecule has 3 aromatic rings. The quantitative estimate of drug-likeness (QED) is 0.712. The predicted molar refractivity (Wildman–Crippen MR) is 112 cm³/mol. The lowest BCUT2D eigenvalue weighted by molar-refractivity contribution is -0.121. The molecule has 0 atom stereocenters. The van der Waals surface area contributed by atoms with E-state index in [1.807, 2.05) is 31.2 Å². The highest BCUT2D eigenvalue weighted by Gasteiger charge is 2.25. The van der Waals surface area contributed by atoms with Crippen molar-refractivity contribution in [2.24, 2.45) is 5.92 Å². The summed E-state index contributed by atoms with van der Waals surface area (Å²) in [6.45, 7) is 4.93. The Morgan fingerprint density at radius 1 is 1.00 bits per heavy atom. The molecule has 0 radical (unpaired) electrons. The Bertz CT molecular complexity index is 937. The second-order valence-electron chi connectivity index (χ2n) is 7.55. The standard InChI is InChI=1S/C24H26N2O/c1-18-6-4-10-22(16-18)25-24(27)20-12-14-26(15-13-20)17-21-9-5-8-19-7-2-3-11-23(19)21/h2-11,16,20H,12-15,17H2,1H3,(H,25,27). The number of anilines is 1. The van der Waals surface area contributed by atoms with Crippen LogP contribution in [-0.4, -0.2) is 23.9 Å². The molecule has 3 aromatic carbocycles. The van der Waals surface area contributed by atoms with Crippen LogP contribution in [0.25, 0.3) is 10.8 Å². The summed E-state index contributed by atoms with van der Waals surface area (Å²) in [5.41, 5.74) is 3.44. The van der Waals surface area contributed by atoms with Crippen molar-refractivity contribution in [1.82, 2.24) is 4.90 Å². The van der Waals surface area contributed by atoms with E-state index in [0.717, 1.165) is 43.7 Å². The fourth-order valence-corrected chi connectivity index (χ4v) is 3.99. The number of fused-ring (bicyclic) bond motifs is 1. The van der Waals surface area contributed by atoms with Gasteiger partial charge in [-0.15, -0.1) is 0 Å². The van der Waals surface area contributed by atoms with Gasteiger partial charge in [0.1, 0.15) is 0 Å². The summed E-state index contributed by atoms with van der Waals surface area (Å²) < 4.78 is 0. The molecule has 1 aliphatic rings. The number of hydrogen-bond donors (Lipinski definition) is 1. The topological polar surface area (TPSA) is 32.3 Å². The molecule has 1 saturated heterocycles. The van der Waals surface area contributed by atoms with Crippen LogP contribution in [-0.2, 0) is 11.3 Å². The van der Waals surface area contributed by atoms with E-state index in [9.17, 15) is 4.79 Å². The summed E-state index contributed by atoms with van der Waals surface area (Å²) in [5.74, 6) is 0.264. The van der Waals surface area contributed by atoms with Crippen molar-refractivity contribution >= 4 is 22.4 Å². The summed E-state index contributed by atoms with van der Waals surface area (Å²) in [6.07, 6.45) is 1.84. The van der Waals surface area contributed by atoms with Crippen molar-refractivity contribution in [2.45, 2.75) is 26.3 Å². The number of piperidine rings is 1. The molecule has 1 amide bonds.